The van der Waals surface area contributed by atoms with E-state index in [2.05, 4.69) is 10.2 Å². The van der Waals surface area contributed by atoms with Crippen LogP contribution in [0.15, 0.2) is 18.2 Å². The van der Waals surface area contributed by atoms with Gasteiger partial charge in [-0.05, 0) is 62.9 Å². The molecule has 3 rings (SSSR count). The second-order valence-electron chi connectivity index (χ2n) is 6.75. The minimum absolute atomic E-state index is 0.0440. The van der Waals surface area contributed by atoms with Gasteiger partial charge < -0.3 is 5.32 Å². The number of carbonyl (C=O) groups is 1. The summed E-state index contributed by atoms with van der Waals surface area (Å²) in [6, 6.07) is 5.53. The van der Waals surface area contributed by atoms with Crippen molar-refractivity contribution < 1.29 is 9.18 Å². The Hall–Kier alpha value is -1.13. The molecular formula is C18H24ClFN2O. The number of rotatable bonds is 5. The van der Waals surface area contributed by atoms with E-state index < -0.39 is 5.67 Å². The fourth-order valence-corrected chi connectivity index (χ4v) is 3.84. The van der Waals surface area contributed by atoms with Crippen LogP contribution in [0.2, 0.25) is 5.02 Å². The summed E-state index contributed by atoms with van der Waals surface area (Å²) in [5.41, 5.74) is 0.250. The number of likely N-dealkylation sites (tertiary alicyclic amines) is 1. The molecule has 126 valence electrons. The third-order valence-corrected chi connectivity index (χ3v) is 5.38. The average Bonchev–Trinajstić information content (AvgIpc) is 2.99. The van der Waals surface area contributed by atoms with Crippen LogP contribution in [0.25, 0.3) is 0 Å². The fraction of sp³-hybridized carbons (Fsp3) is 0.611. The van der Waals surface area contributed by atoms with Crippen molar-refractivity contribution in [2.75, 3.05) is 19.6 Å². The first kappa shape index (κ1) is 16.7. The predicted molar refractivity (Wildman–Crippen MR) is 90.2 cm³/mol. The van der Waals surface area contributed by atoms with E-state index in [0.717, 1.165) is 25.2 Å². The molecule has 0 spiro atoms. The summed E-state index contributed by atoms with van der Waals surface area (Å²) in [6.45, 7) is 5.52. The van der Waals surface area contributed by atoms with Gasteiger partial charge in [0, 0.05) is 24.0 Å². The number of alkyl halides is 1. The first-order chi connectivity index (χ1) is 11.0. The monoisotopic (exact) mass is 338 g/mol. The first-order valence-electron chi connectivity index (χ1n) is 8.50. The molecule has 5 heteroatoms. The summed E-state index contributed by atoms with van der Waals surface area (Å²) in [5.74, 6) is -0.263. The number of amides is 1. The lowest BCUT2D eigenvalue weighted by Crippen LogP contribution is -2.45. The zero-order chi connectivity index (χ0) is 16.4. The highest BCUT2D eigenvalue weighted by Crippen LogP contribution is 2.49. The molecule has 1 saturated carbocycles. The standard InChI is InChI=1S/C18H24ClFN2O/c1-2-21-17(23)14-10-18(20,11-14)15-6-5-13(16(19)9-15)12-22-7-3-4-8-22/h5-6,9,14H,2-4,7-8,10-12H2,1H3,(H,21,23)/t14-,18-. The van der Waals surface area contributed by atoms with Gasteiger partial charge in [-0.1, -0.05) is 23.7 Å². The summed E-state index contributed by atoms with van der Waals surface area (Å²) >= 11 is 6.37. The van der Waals surface area contributed by atoms with Gasteiger partial charge in [-0.2, -0.15) is 0 Å². The van der Waals surface area contributed by atoms with Crippen molar-refractivity contribution in [1.82, 2.24) is 10.2 Å². The Morgan fingerprint density at radius 2 is 2.09 bits per heavy atom. The maximum atomic E-state index is 15.0. The summed E-state index contributed by atoms with van der Waals surface area (Å²) in [7, 11) is 0. The maximum Gasteiger partial charge on any atom is 0.223 e. The van der Waals surface area contributed by atoms with Crippen molar-refractivity contribution >= 4 is 17.5 Å². The van der Waals surface area contributed by atoms with Crippen LogP contribution in [-0.4, -0.2) is 30.4 Å². The van der Waals surface area contributed by atoms with Crippen LogP contribution in [0.1, 0.15) is 43.7 Å². The Morgan fingerprint density at radius 3 is 2.70 bits per heavy atom. The minimum Gasteiger partial charge on any atom is -0.356 e. The number of hydrogen-bond acceptors (Lipinski definition) is 2. The van der Waals surface area contributed by atoms with Gasteiger partial charge in [0.2, 0.25) is 5.91 Å². The van der Waals surface area contributed by atoms with E-state index in [1.54, 1.807) is 6.07 Å². The Bertz CT molecular complexity index is 580. The molecule has 1 saturated heterocycles. The number of nitrogens with one attached hydrogen (secondary N) is 1. The molecule has 0 unspecified atom stereocenters. The minimum atomic E-state index is -1.41. The van der Waals surface area contributed by atoms with E-state index in [1.807, 2.05) is 19.1 Å². The van der Waals surface area contributed by atoms with Crippen LogP contribution in [0, 0.1) is 5.92 Å². The van der Waals surface area contributed by atoms with Gasteiger partial charge in [0.15, 0.2) is 0 Å². The van der Waals surface area contributed by atoms with Crippen molar-refractivity contribution in [3.63, 3.8) is 0 Å². The van der Waals surface area contributed by atoms with Gasteiger partial charge in [-0.3, -0.25) is 9.69 Å². The molecule has 0 bridgehead atoms. The van der Waals surface area contributed by atoms with Crippen LogP contribution in [0.3, 0.4) is 0 Å². The second kappa shape index (κ2) is 6.78. The van der Waals surface area contributed by atoms with Crippen molar-refractivity contribution in [3.05, 3.63) is 34.3 Å². The van der Waals surface area contributed by atoms with Crippen LogP contribution in [-0.2, 0) is 17.0 Å². The molecule has 1 aromatic rings. The van der Waals surface area contributed by atoms with Gasteiger partial charge >= 0.3 is 0 Å². The average molecular weight is 339 g/mol. The van der Waals surface area contributed by atoms with Crippen molar-refractivity contribution in [2.45, 2.75) is 44.8 Å². The van der Waals surface area contributed by atoms with Gasteiger partial charge in [-0.25, -0.2) is 4.39 Å². The summed E-state index contributed by atoms with van der Waals surface area (Å²) in [4.78, 5) is 14.1. The first-order valence-corrected chi connectivity index (χ1v) is 8.87. The molecule has 0 atom stereocenters. The third-order valence-electron chi connectivity index (χ3n) is 5.02. The molecule has 1 aromatic carbocycles. The molecule has 2 fully saturated rings. The second-order valence-corrected chi connectivity index (χ2v) is 7.16. The molecule has 23 heavy (non-hydrogen) atoms. The van der Waals surface area contributed by atoms with Crippen LogP contribution < -0.4 is 5.32 Å². The van der Waals surface area contributed by atoms with E-state index in [9.17, 15) is 9.18 Å². The van der Waals surface area contributed by atoms with Gasteiger partial charge in [0.1, 0.15) is 5.67 Å². The number of hydrogen-bond donors (Lipinski definition) is 1. The van der Waals surface area contributed by atoms with Crippen LogP contribution in [0.5, 0.6) is 0 Å². The van der Waals surface area contributed by atoms with Crippen molar-refractivity contribution in [2.24, 2.45) is 5.92 Å². The molecular weight excluding hydrogens is 315 g/mol. The highest BCUT2D eigenvalue weighted by atomic mass is 35.5. The Kier molecular flexibility index (Phi) is 4.93. The van der Waals surface area contributed by atoms with Crippen molar-refractivity contribution in [3.8, 4) is 0 Å². The molecule has 0 radical (unpaired) electrons. The summed E-state index contributed by atoms with van der Waals surface area (Å²) in [6.07, 6.45) is 2.98. The zero-order valence-corrected chi connectivity index (χ0v) is 14.3. The quantitative estimate of drug-likeness (QED) is 0.888. The third kappa shape index (κ3) is 3.53. The predicted octanol–water partition coefficient (Wildman–Crippen LogP) is 3.65. The van der Waals surface area contributed by atoms with E-state index >= 15 is 0 Å². The van der Waals surface area contributed by atoms with Gasteiger partial charge in [0.25, 0.3) is 0 Å². The fourth-order valence-electron chi connectivity index (χ4n) is 3.60. The molecule has 1 amide bonds. The van der Waals surface area contributed by atoms with Crippen LogP contribution in [0.4, 0.5) is 4.39 Å². The summed E-state index contributed by atoms with van der Waals surface area (Å²) in [5, 5.41) is 3.39. The maximum absolute atomic E-state index is 15.0. The van der Waals surface area contributed by atoms with Gasteiger partial charge in [-0.15, -0.1) is 0 Å². The number of halogens is 2. The smallest absolute Gasteiger partial charge is 0.223 e. The Balaban J connectivity index is 1.65. The van der Waals surface area contributed by atoms with E-state index in [-0.39, 0.29) is 24.7 Å². The molecule has 0 aromatic heterocycles. The Labute approximate surface area is 142 Å². The normalized spacial score (nSPS) is 27.7. The molecule has 1 N–H and O–H groups in total. The number of nitrogens with zero attached hydrogens (tertiary/aromatic N) is 1. The number of benzene rings is 1. The highest BCUT2D eigenvalue weighted by molar-refractivity contribution is 6.31. The van der Waals surface area contributed by atoms with E-state index in [0.29, 0.717) is 17.1 Å². The largest absolute Gasteiger partial charge is 0.356 e. The molecule has 1 aliphatic carbocycles. The van der Waals surface area contributed by atoms with E-state index in [4.69, 9.17) is 11.6 Å². The highest BCUT2D eigenvalue weighted by Gasteiger charge is 2.49. The van der Waals surface area contributed by atoms with Crippen molar-refractivity contribution in [1.29, 1.82) is 0 Å². The molecule has 1 aliphatic heterocycles. The topological polar surface area (TPSA) is 32.3 Å². The number of carbonyl (C=O) groups excluding carboxylic acids is 1. The van der Waals surface area contributed by atoms with Crippen LogP contribution >= 0.6 is 11.6 Å². The SMILES string of the molecule is CCNC(=O)[C@H]1C[C@@](F)(c2ccc(CN3CCCC3)c(Cl)c2)C1. The summed E-state index contributed by atoms with van der Waals surface area (Å²) < 4.78 is 15.0. The lowest BCUT2D eigenvalue weighted by molar-refractivity contribution is -0.134. The molecule has 1 heterocycles. The molecule has 2 aliphatic rings. The Morgan fingerprint density at radius 1 is 1.39 bits per heavy atom. The zero-order valence-electron chi connectivity index (χ0n) is 13.6. The molecule has 3 nitrogen and oxygen atoms in total. The van der Waals surface area contributed by atoms with Gasteiger partial charge in [0.05, 0.1) is 0 Å². The lowest BCUT2D eigenvalue weighted by Gasteiger charge is -2.41. The lowest BCUT2D eigenvalue weighted by atomic mass is 9.68. The van der Waals surface area contributed by atoms with E-state index in [1.165, 1.54) is 12.8 Å².